The van der Waals surface area contributed by atoms with Crippen LogP contribution in [0, 0.1) is 5.82 Å². The van der Waals surface area contributed by atoms with Gasteiger partial charge < -0.3 is 30.5 Å². The van der Waals surface area contributed by atoms with E-state index in [1.165, 1.54) is 12.1 Å². The molecule has 3 amide bonds. The number of aliphatic hydroxyl groups excluding tert-OH is 1. The third-order valence-corrected chi connectivity index (χ3v) is 6.97. The molecule has 0 saturated carbocycles. The summed E-state index contributed by atoms with van der Waals surface area (Å²) in [6.45, 7) is 1.68. The summed E-state index contributed by atoms with van der Waals surface area (Å²) in [5, 5.41) is 18.2. The summed E-state index contributed by atoms with van der Waals surface area (Å²) in [6.07, 6.45) is -0.736. The van der Waals surface area contributed by atoms with Crippen LogP contribution in [0.4, 0.5) is 20.6 Å². The van der Waals surface area contributed by atoms with E-state index in [9.17, 15) is 19.1 Å². The number of hydrogen-bond acceptors (Lipinski definition) is 5. The summed E-state index contributed by atoms with van der Waals surface area (Å²) in [7, 11) is 0. The van der Waals surface area contributed by atoms with Crippen LogP contribution in [0.3, 0.4) is 0 Å². The first-order chi connectivity index (χ1) is 18.4. The number of benzene rings is 3. The van der Waals surface area contributed by atoms with Crippen LogP contribution in [0.25, 0.3) is 0 Å². The highest BCUT2D eigenvalue weighted by Crippen LogP contribution is 2.47. The first-order valence-electron chi connectivity index (χ1n) is 12.6. The van der Waals surface area contributed by atoms with Gasteiger partial charge in [0.05, 0.1) is 30.9 Å². The summed E-state index contributed by atoms with van der Waals surface area (Å²) in [5.41, 5.74) is 2.46. The normalized spacial score (nSPS) is 22.4. The van der Waals surface area contributed by atoms with Gasteiger partial charge in [0, 0.05) is 17.2 Å². The maximum absolute atomic E-state index is 13.9. The zero-order chi connectivity index (χ0) is 26.6. The molecule has 2 heterocycles. The Hall–Kier alpha value is -3.95. The number of fused-ring (bicyclic) bond motifs is 3. The minimum Gasteiger partial charge on any atom is -0.487 e. The number of amides is 3. The van der Waals surface area contributed by atoms with Crippen LogP contribution in [0.1, 0.15) is 42.9 Å². The monoisotopic (exact) mass is 519 g/mol. The van der Waals surface area contributed by atoms with E-state index in [4.69, 9.17) is 9.47 Å². The van der Waals surface area contributed by atoms with Crippen molar-refractivity contribution < 1.29 is 28.6 Å². The molecule has 38 heavy (non-hydrogen) atoms. The molecule has 0 aliphatic carbocycles. The molecule has 8 nitrogen and oxygen atoms in total. The highest BCUT2D eigenvalue weighted by molar-refractivity contribution is 6.00. The van der Waals surface area contributed by atoms with Crippen LogP contribution in [0.5, 0.6) is 5.75 Å². The second kappa shape index (κ2) is 11.2. The molecule has 9 heteroatoms. The van der Waals surface area contributed by atoms with Gasteiger partial charge in [-0.3, -0.25) is 4.79 Å². The van der Waals surface area contributed by atoms with E-state index in [0.29, 0.717) is 17.9 Å². The molecule has 0 aromatic heterocycles. The lowest BCUT2D eigenvalue weighted by Crippen LogP contribution is -2.47. The van der Waals surface area contributed by atoms with Crippen molar-refractivity contribution in [3.8, 4) is 5.75 Å². The standard InChI is InChI=1S/C29H30FN3O5/c1-17(18-7-3-2-4-8-18)31-27(35)15-20-14-22-21-13-19(11-12-25(21)38-28(22)26(16-34)37-20)32-29(36)33-24-10-6-5-9-23(24)30/h2-13,17,20,22,26,28,34H,14-16H2,1H3,(H,31,35)(H2,32,33,36)/t17-,20+,22-,26+,28+/m1/s1. The Bertz CT molecular complexity index is 1300. The van der Waals surface area contributed by atoms with E-state index >= 15 is 0 Å². The molecule has 1 fully saturated rings. The Kier molecular flexibility index (Phi) is 7.57. The largest absolute Gasteiger partial charge is 0.487 e. The number of carbonyl (C=O) groups excluding carboxylic acids is 2. The number of nitrogens with one attached hydrogen (secondary N) is 3. The molecular weight excluding hydrogens is 489 g/mol. The minimum atomic E-state index is -0.591. The van der Waals surface area contributed by atoms with Gasteiger partial charge in [-0.1, -0.05) is 42.5 Å². The number of aliphatic hydroxyl groups is 1. The van der Waals surface area contributed by atoms with Crippen molar-refractivity contribution in [3.63, 3.8) is 0 Å². The average Bonchev–Trinajstić information content (AvgIpc) is 3.28. The number of ether oxygens (including phenoxy) is 2. The van der Waals surface area contributed by atoms with E-state index in [1.807, 2.05) is 43.3 Å². The van der Waals surface area contributed by atoms with E-state index in [-0.39, 0.29) is 36.6 Å². The Morgan fingerprint density at radius 2 is 1.82 bits per heavy atom. The minimum absolute atomic E-state index is 0.0764. The van der Waals surface area contributed by atoms with Crippen LogP contribution < -0.4 is 20.7 Å². The molecule has 2 aliphatic heterocycles. The first kappa shape index (κ1) is 25.7. The molecule has 198 valence electrons. The topological polar surface area (TPSA) is 109 Å². The number of halogens is 1. The molecule has 5 atom stereocenters. The summed E-state index contributed by atoms with van der Waals surface area (Å²) in [4.78, 5) is 25.3. The zero-order valence-corrected chi connectivity index (χ0v) is 20.9. The summed E-state index contributed by atoms with van der Waals surface area (Å²) >= 11 is 0. The third kappa shape index (κ3) is 5.64. The Morgan fingerprint density at radius 1 is 1.05 bits per heavy atom. The maximum Gasteiger partial charge on any atom is 0.323 e. The van der Waals surface area contributed by atoms with Crippen molar-refractivity contribution in [3.05, 3.63) is 89.7 Å². The molecule has 5 rings (SSSR count). The Balaban J connectivity index is 1.25. The first-order valence-corrected chi connectivity index (χ1v) is 12.6. The Labute approximate surface area is 220 Å². The number of para-hydroxylation sites is 1. The predicted molar refractivity (Wildman–Crippen MR) is 141 cm³/mol. The molecule has 3 aromatic carbocycles. The molecule has 0 radical (unpaired) electrons. The summed E-state index contributed by atoms with van der Waals surface area (Å²) < 4.78 is 26.0. The fraction of sp³-hybridized carbons (Fsp3) is 0.310. The van der Waals surface area contributed by atoms with Crippen molar-refractivity contribution in [1.29, 1.82) is 0 Å². The van der Waals surface area contributed by atoms with Gasteiger partial charge in [0.25, 0.3) is 0 Å². The molecule has 0 bridgehead atoms. The second-order valence-corrected chi connectivity index (χ2v) is 9.62. The van der Waals surface area contributed by atoms with Gasteiger partial charge >= 0.3 is 6.03 Å². The van der Waals surface area contributed by atoms with E-state index < -0.39 is 30.2 Å². The number of anilines is 2. The highest BCUT2D eigenvalue weighted by Gasteiger charge is 2.46. The van der Waals surface area contributed by atoms with Gasteiger partial charge in [0.1, 0.15) is 23.8 Å². The summed E-state index contributed by atoms with van der Waals surface area (Å²) in [6, 6.07) is 20.2. The maximum atomic E-state index is 13.9. The van der Waals surface area contributed by atoms with E-state index in [0.717, 1.165) is 11.1 Å². The smallest absolute Gasteiger partial charge is 0.323 e. The SMILES string of the molecule is C[C@@H](NC(=O)C[C@@H]1C[C@@H]2c3cc(NC(=O)Nc4ccccc4F)ccc3O[C@@H]2[C@H](CO)O1)c1ccccc1. The number of urea groups is 1. The van der Waals surface area contributed by atoms with Gasteiger partial charge in [-0.05, 0) is 49.2 Å². The fourth-order valence-electron chi connectivity index (χ4n) is 5.15. The molecule has 3 aromatic rings. The quantitative estimate of drug-likeness (QED) is 0.361. The highest BCUT2D eigenvalue weighted by atomic mass is 19.1. The summed E-state index contributed by atoms with van der Waals surface area (Å²) in [5.74, 6) is -0.152. The molecule has 1 saturated heterocycles. The van der Waals surface area contributed by atoms with Gasteiger partial charge in [0.2, 0.25) is 5.91 Å². The average molecular weight is 520 g/mol. The van der Waals surface area contributed by atoms with Gasteiger partial charge in [-0.2, -0.15) is 0 Å². The van der Waals surface area contributed by atoms with Crippen LogP contribution in [0.2, 0.25) is 0 Å². The van der Waals surface area contributed by atoms with Crippen LogP contribution >= 0.6 is 0 Å². The van der Waals surface area contributed by atoms with Gasteiger partial charge in [-0.15, -0.1) is 0 Å². The number of hydrogen-bond donors (Lipinski definition) is 4. The molecule has 0 spiro atoms. The van der Waals surface area contributed by atoms with Crippen molar-refractivity contribution in [2.75, 3.05) is 17.2 Å². The molecule has 2 aliphatic rings. The van der Waals surface area contributed by atoms with E-state index in [1.54, 1.807) is 24.3 Å². The van der Waals surface area contributed by atoms with Crippen molar-refractivity contribution >= 4 is 23.3 Å². The zero-order valence-electron chi connectivity index (χ0n) is 20.9. The lowest BCUT2D eigenvalue weighted by molar-refractivity contribution is -0.142. The number of rotatable bonds is 7. The number of carbonyl (C=O) groups is 2. The van der Waals surface area contributed by atoms with Gasteiger partial charge in [0.15, 0.2) is 0 Å². The third-order valence-electron chi connectivity index (χ3n) is 6.97. The van der Waals surface area contributed by atoms with Crippen molar-refractivity contribution in [2.24, 2.45) is 0 Å². The Morgan fingerprint density at radius 3 is 2.58 bits per heavy atom. The molecule has 0 unspecified atom stereocenters. The van der Waals surface area contributed by atoms with Crippen molar-refractivity contribution in [2.45, 2.75) is 50.0 Å². The fourth-order valence-corrected chi connectivity index (χ4v) is 5.15. The van der Waals surface area contributed by atoms with Crippen molar-refractivity contribution in [1.82, 2.24) is 5.32 Å². The second-order valence-electron chi connectivity index (χ2n) is 9.62. The lowest BCUT2D eigenvalue weighted by atomic mass is 9.84. The molecule has 4 N–H and O–H groups in total. The van der Waals surface area contributed by atoms with Gasteiger partial charge in [-0.25, -0.2) is 9.18 Å². The van der Waals surface area contributed by atoms with Crippen LogP contribution in [0.15, 0.2) is 72.8 Å². The van der Waals surface area contributed by atoms with E-state index in [2.05, 4.69) is 16.0 Å². The predicted octanol–water partition coefficient (Wildman–Crippen LogP) is 4.73. The van der Waals surface area contributed by atoms with Crippen LogP contribution in [-0.4, -0.2) is 42.0 Å². The van der Waals surface area contributed by atoms with Crippen LogP contribution in [-0.2, 0) is 9.53 Å². The lowest BCUT2D eigenvalue weighted by Gasteiger charge is -2.37. The molecular formula is C29H30FN3O5.